The molecule has 1 heterocycles. The molecule has 0 saturated heterocycles. The van der Waals surface area contributed by atoms with Crippen LogP contribution in [0.4, 0.5) is 8.78 Å². The normalized spacial score (nSPS) is 12.2. The van der Waals surface area contributed by atoms with Crippen molar-refractivity contribution in [2.24, 2.45) is 5.73 Å². The minimum Gasteiger partial charge on any atom is -0.480 e. The van der Waals surface area contributed by atoms with E-state index in [2.05, 4.69) is 9.97 Å². The van der Waals surface area contributed by atoms with Gasteiger partial charge in [0.2, 0.25) is 5.88 Å². The number of hydrogen-bond acceptors (Lipinski definition) is 4. The van der Waals surface area contributed by atoms with Gasteiger partial charge < -0.3 is 10.5 Å². The van der Waals surface area contributed by atoms with Gasteiger partial charge in [0, 0.05) is 18.5 Å². The van der Waals surface area contributed by atoms with Crippen LogP contribution in [0.2, 0.25) is 0 Å². The van der Waals surface area contributed by atoms with Gasteiger partial charge in [-0.3, -0.25) is 4.98 Å². The van der Waals surface area contributed by atoms with Crippen molar-refractivity contribution in [3.05, 3.63) is 53.5 Å². The van der Waals surface area contributed by atoms with Gasteiger partial charge in [-0.2, -0.15) is 0 Å². The Morgan fingerprint density at radius 1 is 1.16 bits per heavy atom. The maximum absolute atomic E-state index is 13.1. The number of nitrogens with two attached hydrogens (primary N) is 1. The zero-order valence-electron chi connectivity index (χ0n) is 10.3. The molecule has 2 N–H and O–H groups in total. The van der Waals surface area contributed by atoms with Crippen LogP contribution in [-0.4, -0.2) is 17.1 Å². The molecule has 0 amide bonds. The molecular formula is C13H13F2N3O. The summed E-state index contributed by atoms with van der Waals surface area (Å²) < 4.78 is 31.2. The maximum Gasteiger partial charge on any atom is 0.236 e. The Kier molecular flexibility index (Phi) is 4.01. The summed E-state index contributed by atoms with van der Waals surface area (Å²) in [6, 6.07) is 2.75. The van der Waals surface area contributed by atoms with Crippen LogP contribution >= 0.6 is 0 Å². The first-order chi connectivity index (χ1) is 9.10. The number of nitrogens with zero attached hydrogens (tertiary/aromatic N) is 2. The average Bonchev–Trinajstić information content (AvgIpc) is 2.37. The molecule has 0 spiro atoms. The lowest BCUT2D eigenvalue weighted by atomic mass is 10.0. The zero-order chi connectivity index (χ0) is 13.8. The van der Waals surface area contributed by atoms with Crippen LogP contribution < -0.4 is 10.5 Å². The number of benzene rings is 1. The lowest BCUT2D eigenvalue weighted by molar-refractivity contribution is 0.384. The topological polar surface area (TPSA) is 61.0 Å². The van der Waals surface area contributed by atoms with Crippen LogP contribution in [0.1, 0.15) is 17.3 Å². The molecule has 0 aliphatic rings. The largest absolute Gasteiger partial charge is 0.480 e. The van der Waals surface area contributed by atoms with Gasteiger partial charge in [-0.1, -0.05) is 0 Å². The SMILES string of the molecule is COc1nccnc1C(N)Cc1cc(F)cc(F)c1. The molecule has 0 aliphatic carbocycles. The Labute approximate surface area is 109 Å². The van der Waals surface area contributed by atoms with Gasteiger partial charge in [0.05, 0.1) is 13.2 Å². The molecule has 0 fully saturated rings. The van der Waals surface area contributed by atoms with E-state index >= 15 is 0 Å². The number of rotatable bonds is 4. The number of aromatic nitrogens is 2. The Morgan fingerprint density at radius 2 is 1.79 bits per heavy atom. The second kappa shape index (κ2) is 5.71. The summed E-state index contributed by atoms with van der Waals surface area (Å²) in [5, 5.41) is 0. The smallest absolute Gasteiger partial charge is 0.236 e. The molecule has 1 aromatic carbocycles. The molecule has 1 aromatic heterocycles. The van der Waals surface area contributed by atoms with E-state index in [0.29, 0.717) is 17.1 Å². The van der Waals surface area contributed by atoms with Gasteiger partial charge in [-0.05, 0) is 24.1 Å². The highest BCUT2D eigenvalue weighted by Gasteiger charge is 2.15. The molecule has 100 valence electrons. The van der Waals surface area contributed by atoms with E-state index in [1.165, 1.54) is 31.6 Å². The van der Waals surface area contributed by atoms with Crippen LogP contribution in [0.3, 0.4) is 0 Å². The number of halogens is 2. The van der Waals surface area contributed by atoms with Gasteiger partial charge in [0.15, 0.2) is 0 Å². The number of ether oxygens (including phenoxy) is 1. The summed E-state index contributed by atoms with van der Waals surface area (Å²) in [6.07, 6.45) is 3.21. The molecular weight excluding hydrogens is 252 g/mol. The van der Waals surface area contributed by atoms with Crippen LogP contribution in [0, 0.1) is 11.6 Å². The van der Waals surface area contributed by atoms with Crippen LogP contribution in [0.15, 0.2) is 30.6 Å². The molecule has 0 radical (unpaired) electrons. The van der Waals surface area contributed by atoms with Gasteiger partial charge in [0.1, 0.15) is 17.3 Å². The minimum atomic E-state index is -0.631. The lowest BCUT2D eigenvalue weighted by Crippen LogP contribution is -2.16. The van der Waals surface area contributed by atoms with Crippen molar-refractivity contribution in [1.82, 2.24) is 9.97 Å². The second-order valence-corrected chi connectivity index (χ2v) is 4.04. The molecule has 0 bridgehead atoms. The lowest BCUT2D eigenvalue weighted by Gasteiger charge is -2.13. The molecule has 2 rings (SSSR count). The number of hydrogen-bond donors (Lipinski definition) is 1. The van der Waals surface area contributed by atoms with Crippen LogP contribution in [-0.2, 0) is 6.42 Å². The van der Waals surface area contributed by atoms with Gasteiger partial charge >= 0.3 is 0 Å². The molecule has 0 aliphatic heterocycles. The summed E-state index contributed by atoms with van der Waals surface area (Å²) in [7, 11) is 1.46. The predicted octanol–water partition coefficient (Wildman–Crippen LogP) is 2.01. The fourth-order valence-corrected chi connectivity index (χ4v) is 1.83. The maximum atomic E-state index is 13.1. The minimum absolute atomic E-state index is 0.240. The molecule has 6 heteroatoms. The van der Waals surface area contributed by atoms with E-state index in [-0.39, 0.29) is 6.42 Å². The molecule has 1 unspecified atom stereocenters. The standard InChI is InChI=1S/C13H13F2N3O/c1-19-13-12(17-2-3-18-13)11(16)6-8-4-9(14)7-10(15)5-8/h2-5,7,11H,6,16H2,1H3. The van der Waals surface area contributed by atoms with E-state index < -0.39 is 17.7 Å². The summed E-state index contributed by atoms with van der Waals surface area (Å²) in [5.41, 5.74) is 6.89. The van der Waals surface area contributed by atoms with E-state index in [4.69, 9.17) is 10.5 Å². The molecule has 0 saturated carbocycles. The molecule has 1 atom stereocenters. The fourth-order valence-electron chi connectivity index (χ4n) is 1.83. The Balaban J connectivity index is 2.22. The fraction of sp³-hybridized carbons (Fsp3) is 0.231. The summed E-state index contributed by atoms with van der Waals surface area (Å²) >= 11 is 0. The van der Waals surface area contributed by atoms with Gasteiger partial charge in [-0.25, -0.2) is 13.8 Å². The Morgan fingerprint density at radius 3 is 2.42 bits per heavy atom. The monoisotopic (exact) mass is 265 g/mol. The summed E-state index contributed by atoms with van der Waals surface area (Å²) in [4.78, 5) is 8.07. The Hall–Kier alpha value is -2.08. The zero-order valence-corrected chi connectivity index (χ0v) is 10.3. The Bertz CT molecular complexity index is 557. The first-order valence-corrected chi connectivity index (χ1v) is 5.65. The van der Waals surface area contributed by atoms with E-state index in [1.807, 2.05) is 0 Å². The number of methoxy groups -OCH3 is 1. The van der Waals surface area contributed by atoms with Crippen LogP contribution in [0.5, 0.6) is 5.88 Å². The van der Waals surface area contributed by atoms with Gasteiger partial charge in [-0.15, -0.1) is 0 Å². The summed E-state index contributed by atoms with van der Waals surface area (Å²) in [6.45, 7) is 0. The third kappa shape index (κ3) is 3.23. The first-order valence-electron chi connectivity index (χ1n) is 5.65. The first kappa shape index (κ1) is 13.4. The van der Waals surface area contributed by atoms with Crippen molar-refractivity contribution in [3.8, 4) is 5.88 Å². The van der Waals surface area contributed by atoms with Crippen LogP contribution in [0.25, 0.3) is 0 Å². The quantitative estimate of drug-likeness (QED) is 0.918. The average molecular weight is 265 g/mol. The van der Waals surface area contributed by atoms with Crippen molar-refractivity contribution in [2.75, 3.05) is 7.11 Å². The molecule has 19 heavy (non-hydrogen) atoms. The van der Waals surface area contributed by atoms with Crippen molar-refractivity contribution in [3.63, 3.8) is 0 Å². The predicted molar refractivity (Wildman–Crippen MR) is 65.6 cm³/mol. The highest BCUT2D eigenvalue weighted by molar-refractivity contribution is 5.25. The molecule has 2 aromatic rings. The third-order valence-electron chi connectivity index (χ3n) is 2.61. The molecule has 4 nitrogen and oxygen atoms in total. The van der Waals surface area contributed by atoms with Crippen molar-refractivity contribution >= 4 is 0 Å². The summed E-state index contributed by atoms with van der Waals surface area (Å²) in [5.74, 6) is -0.950. The van der Waals surface area contributed by atoms with Crippen molar-refractivity contribution in [1.29, 1.82) is 0 Å². The highest BCUT2D eigenvalue weighted by Crippen LogP contribution is 2.22. The van der Waals surface area contributed by atoms with E-state index in [1.54, 1.807) is 0 Å². The van der Waals surface area contributed by atoms with E-state index in [9.17, 15) is 8.78 Å². The van der Waals surface area contributed by atoms with Crippen molar-refractivity contribution in [2.45, 2.75) is 12.5 Å². The highest BCUT2D eigenvalue weighted by atomic mass is 19.1. The van der Waals surface area contributed by atoms with Crippen molar-refractivity contribution < 1.29 is 13.5 Å². The second-order valence-electron chi connectivity index (χ2n) is 4.04. The van der Waals surface area contributed by atoms with Gasteiger partial charge in [0.25, 0.3) is 0 Å². The third-order valence-corrected chi connectivity index (χ3v) is 2.61. The van der Waals surface area contributed by atoms with E-state index in [0.717, 1.165) is 6.07 Å².